The summed E-state index contributed by atoms with van der Waals surface area (Å²) in [6, 6.07) is 13.6. The Morgan fingerprint density at radius 1 is 1.07 bits per heavy atom. The molecule has 0 unspecified atom stereocenters. The molecular formula is C21H20FN7O. The molecule has 1 N–H and O–H groups in total. The molecule has 0 saturated heterocycles. The minimum atomic E-state index is -0.489. The molecule has 4 rings (SSSR count). The van der Waals surface area contributed by atoms with Crippen molar-refractivity contribution >= 4 is 11.6 Å². The number of halogens is 1. The third-order valence-corrected chi connectivity index (χ3v) is 4.71. The van der Waals surface area contributed by atoms with Crippen LogP contribution in [0.3, 0.4) is 0 Å². The fourth-order valence-electron chi connectivity index (χ4n) is 3.18. The summed E-state index contributed by atoms with van der Waals surface area (Å²) in [5.74, 6) is -0.342. The Kier molecular flexibility index (Phi) is 5.09. The smallest absolute Gasteiger partial charge is 0.255 e. The van der Waals surface area contributed by atoms with Crippen molar-refractivity contribution in [3.8, 4) is 5.69 Å². The number of hydrogen-bond donors (Lipinski definition) is 1. The van der Waals surface area contributed by atoms with E-state index in [1.54, 1.807) is 19.1 Å². The number of rotatable bonds is 5. The Labute approximate surface area is 172 Å². The van der Waals surface area contributed by atoms with Gasteiger partial charge < -0.3 is 5.32 Å². The van der Waals surface area contributed by atoms with Crippen LogP contribution in [0.1, 0.15) is 33.1 Å². The molecule has 0 atom stereocenters. The summed E-state index contributed by atoms with van der Waals surface area (Å²) in [5.41, 5.74) is 4.19. The van der Waals surface area contributed by atoms with Gasteiger partial charge in [0.2, 0.25) is 0 Å². The van der Waals surface area contributed by atoms with Crippen LogP contribution in [0.15, 0.2) is 48.5 Å². The molecule has 9 heteroatoms. The van der Waals surface area contributed by atoms with E-state index in [0.717, 1.165) is 17.0 Å². The molecule has 152 valence electrons. The van der Waals surface area contributed by atoms with Gasteiger partial charge in [-0.15, -0.1) is 5.10 Å². The second-order valence-electron chi connectivity index (χ2n) is 7.04. The van der Waals surface area contributed by atoms with Gasteiger partial charge in [-0.1, -0.05) is 12.1 Å². The third kappa shape index (κ3) is 3.95. The number of aryl methyl sites for hydroxylation is 3. The Bertz CT molecular complexity index is 1210. The van der Waals surface area contributed by atoms with Crippen LogP contribution in [0.4, 0.5) is 10.1 Å². The zero-order valence-electron chi connectivity index (χ0n) is 16.8. The number of hydrogen-bond acceptors (Lipinski definition) is 5. The van der Waals surface area contributed by atoms with Gasteiger partial charge in [0.1, 0.15) is 11.5 Å². The Morgan fingerprint density at radius 3 is 2.47 bits per heavy atom. The number of carbonyl (C=O) groups is 1. The number of anilines is 1. The second-order valence-corrected chi connectivity index (χ2v) is 7.04. The Balaban J connectivity index is 1.49. The van der Waals surface area contributed by atoms with Crippen molar-refractivity contribution in [3.63, 3.8) is 0 Å². The summed E-state index contributed by atoms with van der Waals surface area (Å²) in [6.45, 7) is 6.26. The van der Waals surface area contributed by atoms with E-state index in [2.05, 4.69) is 25.9 Å². The summed E-state index contributed by atoms with van der Waals surface area (Å²) in [7, 11) is 0. The first kappa shape index (κ1) is 19.4. The molecule has 1 amide bonds. The van der Waals surface area contributed by atoms with Crippen LogP contribution in [-0.2, 0) is 6.54 Å². The normalized spacial score (nSPS) is 10.9. The highest BCUT2D eigenvalue weighted by Crippen LogP contribution is 2.20. The van der Waals surface area contributed by atoms with E-state index in [1.807, 2.05) is 36.7 Å². The SMILES string of the molecule is Cc1cc(C)n(Cc2ccc(C(=O)Nc3ccc(F)c(-n4nnnc4C)c3)cc2)n1. The minimum absolute atomic E-state index is 0.163. The van der Waals surface area contributed by atoms with Gasteiger partial charge in [-0.2, -0.15) is 9.78 Å². The van der Waals surface area contributed by atoms with E-state index >= 15 is 0 Å². The number of aromatic nitrogens is 6. The van der Waals surface area contributed by atoms with E-state index in [-0.39, 0.29) is 11.6 Å². The highest BCUT2D eigenvalue weighted by molar-refractivity contribution is 6.04. The summed E-state index contributed by atoms with van der Waals surface area (Å²) in [4.78, 5) is 12.6. The molecule has 2 heterocycles. The molecule has 30 heavy (non-hydrogen) atoms. The van der Waals surface area contributed by atoms with E-state index < -0.39 is 5.82 Å². The molecule has 4 aromatic rings. The van der Waals surface area contributed by atoms with Crippen molar-refractivity contribution in [2.75, 3.05) is 5.32 Å². The lowest BCUT2D eigenvalue weighted by Crippen LogP contribution is -2.13. The lowest BCUT2D eigenvalue weighted by molar-refractivity contribution is 0.102. The first-order valence-corrected chi connectivity index (χ1v) is 9.37. The van der Waals surface area contributed by atoms with Gasteiger partial charge in [0.25, 0.3) is 5.91 Å². The van der Waals surface area contributed by atoms with Crippen molar-refractivity contribution in [1.29, 1.82) is 0 Å². The number of tetrazole rings is 1. The fourth-order valence-corrected chi connectivity index (χ4v) is 3.18. The molecule has 2 aromatic heterocycles. The molecule has 0 fully saturated rings. The summed E-state index contributed by atoms with van der Waals surface area (Å²) >= 11 is 0. The monoisotopic (exact) mass is 405 g/mol. The molecule has 0 aliphatic carbocycles. The van der Waals surface area contributed by atoms with Gasteiger partial charge >= 0.3 is 0 Å². The molecule has 0 bridgehead atoms. The zero-order valence-corrected chi connectivity index (χ0v) is 16.8. The topological polar surface area (TPSA) is 90.5 Å². The number of nitrogens with one attached hydrogen (secondary N) is 1. The quantitative estimate of drug-likeness (QED) is 0.551. The third-order valence-electron chi connectivity index (χ3n) is 4.71. The van der Waals surface area contributed by atoms with Crippen molar-refractivity contribution in [1.82, 2.24) is 30.0 Å². The van der Waals surface area contributed by atoms with Crippen molar-refractivity contribution in [2.45, 2.75) is 27.3 Å². The molecular weight excluding hydrogens is 385 g/mol. The van der Waals surface area contributed by atoms with Gasteiger partial charge in [0.05, 0.1) is 12.2 Å². The molecule has 2 aromatic carbocycles. The summed E-state index contributed by atoms with van der Waals surface area (Å²) < 4.78 is 17.4. The Hall–Kier alpha value is -3.88. The van der Waals surface area contributed by atoms with Gasteiger partial charge in [0, 0.05) is 16.9 Å². The standard InChI is InChI=1S/C21H20FN7O/c1-13-10-14(2)28(25-13)12-16-4-6-17(7-5-16)21(30)23-18-8-9-19(22)20(11-18)29-15(3)24-26-27-29/h4-11H,12H2,1-3H3,(H,23,30). The van der Waals surface area contributed by atoms with Crippen LogP contribution in [0, 0.1) is 26.6 Å². The molecule has 8 nitrogen and oxygen atoms in total. The largest absolute Gasteiger partial charge is 0.322 e. The van der Waals surface area contributed by atoms with Crippen LogP contribution < -0.4 is 5.32 Å². The molecule has 0 aliphatic heterocycles. The van der Waals surface area contributed by atoms with E-state index in [1.165, 1.54) is 22.9 Å². The van der Waals surface area contributed by atoms with Crippen LogP contribution in [0.25, 0.3) is 5.69 Å². The number of carbonyl (C=O) groups excluding carboxylic acids is 1. The first-order chi connectivity index (χ1) is 14.4. The van der Waals surface area contributed by atoms with Crippen LogP contribution in [-0.4, -0.2) is 35.9 Å². The predicted octanol–water partition coefficient (Wildman–Crippen LogP) is 3.22. The molecule has 0 aliphatic rings. The molecule has 0 radical (unpaired) electrons. The number of benzene rings is 2. The van der Waals surface area contributed by atoms with Crippen molar-refractivity contribution in [2.24, 2.45) is 0 Å². The van der Waals surface area contributed by atoms with Crippen LogP contribution in [0.2, 0.25) is 0 Å². The average molecular weight is 405 g/mol. The summed E-state index contributed by atoms with van der Waals surface area (Å²) in [5, 5.41) is 18.3. The fraction of sp³-hybridized carbons (Fsp3) is 0.190. The van der Waals surface area contributed by atoms with Crippen molar-refractivity contribution < 1.29 is 9.18 Å². The molecule has 0 saturated carbocycles. The zero-order chi connectivity index (χ0) is 21.3. The van der Waals surface area contributed by atoms with Crippen molar-refractivity contribution in [3.05, 3.63) is 82.7 Å². The second kappa shape index (κ2) is 7.86. The maximum Gasteiger partial charge on any atom is 0.255 e. The first-order valence-electron chi connectivity index (χ1n) is 9.37. The minimum Gasteiger partial charge on any atom is -0.322 e. The van der Waals surface area contributed by atoms with Crippen LogP contribution in [0.5, 0.6) is 0 Å². The highest BCUT2D eigenvalue weighted by Gasteiger charge is 2.13. The van der Waals surface area contributed by atoms with Crippen LogP contribution >= 0.6 is 0 Å². The lowest BCUT2D eigenvalue weighted by atomic mass is 10.1. The maximum atomic E-state index is 14.2. The molecule has 0 spiro atoms. The van der Waals surface area contributed by atoms with Gasteiger partial charge in [-0.05, 0) is 73.2 Å². The van der Waals surface area contributed by atoms with E-state index in [9.17, 15) is 9.18 Å². The number of amides is 1. The van der Waals surface area contributed by atoms with Gasteiger partial charge in [-0.3, -0.25) is 9.48 Å². The Morgan fingerprint density at radius 2 is 1.83 bits per heavy atom. The number of nitrogens with zero attached hydrogens (tertiary/aromatic N) is 6. The summed E-state index contributed by atoms with van der Waals surface area (Å²) in [6.07, 6.45) is 0. The van der Waals surface area contributed by atoms with Gasteiger partial charge in [-0.25, -0.2) is 4.39 Å². The highest BCUT2D eigenvalue weighted by atomic mass is 19.1. The van der Waals surface area contributed by atoms with E-state index in [0.29, 0.717) is 23.6 Å². The van der Waals surface area contributed by atoms with Gasteiger partial charge in [0.15, 0.2) is 5.82 Å². The van der Waals surface area contributed by atoms with E-state index in [4.69, 9.17) is 0 Å². The predicted molar refractivity (Wildman–Crippen MR) is 109 cm³/mol. The lowest BCUT2D eigenvalue weighted by Gasteiger charge is -2.10. The average Bonchev–Trinajstić information content (AvgIpc) is 3.28. The maximum absolute atomic E-state index is 14.2.